The molecule has 0 spiro atoms. The van der Waals surface area contributed by atoms with Gasteiger partial charge in [0.1, 0.15) is 0 Å². The Bertz CT molecular complexity index is 679. The van der Waals surface area contributed by atoms with E-state index in [-0.39, 0.29) is 5.91 Å². The number of carbonyl (C=O) groups is 1. The second kappa shape index (κ2) is 6.20. The number of rotatable bonds is 2. The quantitative estimate of drug-likeness (QED) is 0.776. The van der Waals surface area contributed by atoms with E-state index in [2.05, 4.69) is 27.3 Å². The highest BCUT2D eigenvalue weighted by Gasteiger charge is 2.15. The lowest BCUT2D eigenvalue weighted by Crippen LogP contribution is -2.15. The number of carbonyl (C=O) groups excluding carboxylic acids is 1. The molecule has 0 heterocycles. The summed E-state index contributed by atoms with van der Waals surface area (Å²) in [4.78, 5) is 12.4. The first-order valence-electron chi connectivity index (χ1n) is 7.02. The molecular formula is C17H15BrClNO. The fourth-order valence-corrected chi connectivity index (χ4v) is 3.64. The molecule has 0 saturated carbocycles. The van der Waals surface area contributed by atoms with Crippen LogP contribution in [0.5, 0.6) is 0 Å². The van der Waals surface area contributed by atoms with Gasteiger partial charge in [-0.3, -0.25) is 4.79 Å². The lowest BCUT2D eigenvalue weighted by molar-refractivity contribution is 0.102. The summed E-state index contributed by atoms with van der Waals surface area (Å²) in [7, 11) is 0. The number of anilines is 1. The van der Waals surface area contributed by atoms with Crippen LogP contribution in [0.15, 0.2) is 40.9 Å². The summed E-state index contributed by atoms with van der Waals surface area (Å²) in [5.74, 6) is -0.128. The van der Waals surface area contributed by atoms with E-state index >= 15 is 0 Å². The van der Waals surface area contributed by atoms with Crippen LogP contribution in [-0.2, 0) is 12.8 Å². The van der Waals surface area contributed by atoms with E-state index in [1.54, 1.807) is 18.2 Å². The van der Waals surface area contributed by atoms with E-state index in [0.29, 0.717) is 10.6 Å². The lowest BCUT2D eigenvalue weighted by atomic mass is 9.90. The van der Waals surface area contributed by atoms with Gasteiger partial charge in [0.05, 0.1) is 0 Å². The fourth-order valence-electron chi connectivity index (χ4n) is 2.78. The summed E-state index contributed by atoms with van der Waals surface area (Å²) < 4.78 is 0.801. The molecule has 0 radical (unpaired) electrons. The van der Waals surface area contributed by atoms with Gasteiger partial charge in [-0.05, 0) is 61.1 Å². The van der Waals surface area contributed by atoms with Gasteiger partial charge in [-0.2, -0.15) is 0 Å². The van der Waals surface area contributed by atoms with Gasteiger partial charge in [0, 0.05) is 20.7 Å². The fraction of sp³-hybridized carbons (Fsp3) is 0.235. The van der Waals surface area contributed by atoms with Crippen LogP contribution in [0.25, 0.3) is 0 Å². The topological polar surface area (TPSA) is 29.1 Å². The molecular weight excluding hydrogens is 350 g/mol. The minimum Gasteiger partial charge on any atom is -0.322 e. The number of amides is 1. The molecule has 2 nitrogen and oxygen atoms in total. The Hall–Kier alpha value is -1.32. The van der Waals surface area contributed by atoms with E-state index in [4.69, 9.17) is 11.6 Å². The predicted molar refractivity (Wildman–Crippen MR) is 90.2 cm³/mol. The Kier molecular flexibility index (Phi) is 4.32. The molecule has 0 bridgehead atoms. The normalized spacial score (nSPS) is 13.6. The van der Waals surface area contributed by atoms with Crippen LogP contribution in [0.4, 0.5) is 5.69 Å². The number of hydrogen-bond donors (Lipinski definition) is 1. The van der Waals surface area contributed by atoms with Gasteiger partial charge in [-0.1, -0.05) is 39.7 Å². The van der Waals surface area contributed by atoms with Crippen LogP contribution < -0.4 is 5.32 Å². The zero-order valence-electron chi connectivity index (χ0n) is 11.5. The molecule has 1 aliphatic carbocycles. The number of nitrogens with one attached hydrogen (secondary N) is 1. The summed E-state index contributed by atoms with van der Waals surface area (Å²) in [6.45, 7) is 0. The van der Waals surface area contributed by atoms with E-state index in [1.165, 1.54) is 24.0 Å². The molecule has 108 valence electrons. The predicted octanol–water partition coefficient (Wildman–Crippen LogP) is 5.23. The van der Waals surface area contributed by atoms with Gasteiger partial charge in [0.2, 0.25) is 0 Å². The second-order valence-corrected chi connectivity index (χ2v) is 6.61. The van der Waals surface area contributed by atoms with E-state index in [1.807, 2.05) is 12.1 Å². The minimum absolute atomic E-state index is 0.128. The first-order chi connectivity index (χ1) is 10.1. The van der Waals surface area contributed by atoms with Crippen LogP contribution in [0.1, 0.15) is 34.3 Å². The van der Waals surface area contributed by atoms with Crippen LogP contribution in [-0.4, -0.2) is 5.91 Å². The third kappa shape index (κ3) is 3.30. The Morgan fingerprint density at radius 2 is 1.95 bits per heavy atom. The van der Waals surface area contributed by atoms with Crippen molar-refractivity contribution in [1.82, 2.24) is 0 Å². The molecule has 0 fully saturated rings. The van der Waals surface area contributed by atoms with Crippen molar-refractivity contribution in [2.75, 3.05) is 5.32 Å². The van der Waals surface area contributed by atoms with Gasteiger partial charge in [-0.25, -0.2) is 0 Å². The maximum absolute atomic E-state index is 12.4. The van der Waals surface area contributed by atoms with E-state index in [0.717, 1.165) is 23.0 Å². The van der Waals surface area contributed by atoms with Crippen molar-refractivity contribution in [3.63, 3.8) is 0 Å². The van der Waals surface area contributed by atoms with E-state index in [9.17, 15) is 4.79 Å². The number of fused-ring (bicyclic) bond motifs is 1. The van der Waals surface area contributed by atoms with Crippen molar-refractivity contribution in [2.24, 2.45) is 0 Å². The molecule has 1 amide bonds. The minimum atomic E-state index is -0.128. The number of hydrogen-bond acceptors (Lipinski definition) is 1. The van der Waals surface area contributed by atoms with Crippen molar-refractivity contribution in [2.45, 2.75) is 25.7 Å². The molecule has 1 N–H and O–H groups in total. The molecule has 2 aromatic rings. The third-order valence-corrected chi connectivity index (χ3v) is 4.44. The molecule has 2 aromatic carbocycles. The molecule has 0 atom stereocenters. The number of halogens is 2. The third-order valence-electron chi connectivity index (χ3n) is 3.77. The van der Waals surface area contributed by atoms with Crippen molar-refractivity contribution in [3.05, 3.63) is 62.6 Å². The zero-order valence-corrected chi connectivity index (χ0v) is 13.8. The smallest absolute Gasteiger partial charge is 0.255 e. The standard InChI is InChI=1S/C17H15BrClNO/c18-13-8-12(9-14(19)10-13)17(21)20-16-7-3-5-11-4-1-2-6-15(11)16/h3,5,7-10H,1-2,4,6H2,(H,20,21). The van der Waals surface area contributed by atoms with Crippen molar-refractivity contribution in [1.29, 1.82) is 0 Å². The Labute approximate surface area is 137 Å². The SMILES string of the molecule is O=C(Nc1cccc2c1CCCC2)c1cc(Cl)cc(Br)c1. The van der Waals surface area contributed by atoms with Crippen LogP contribution in [0.2, 0.25) is 5.02 Å². The number of benzene rings is 2. The second-order valence-electron chi connectivity index (χ2n) is 5.26. The Balaban J connectivity index is 1.88. The van der Waals surface area contributed by atoms with Crippen LogP contribution in [0, 0.1) is 0 Å². The number of aryl methyl sites for hydroxylation is 1. The summed E-state index contributed by atoms with van der Waals surface area (Å²) >= 11 is 9.36. The summed E-state index contributed by atoms with van der Waals surface area (Å²) in [5.41, 5.74) is 4.11. The van der Waals surface area contributed by atoms with Gasteiger partial charge < -0.3 is 5.32 Å². The van der Waals surface area contributed by atoms with Crippen LogP contribution in [0.3, 0.4) is 0 Å². The van der Waals surface area contributed by atoms with Crippen molar-refractivity contribution < 1.29 is 4.79 Å². The average molecular weight is 365 g/mol. The lowest BCUT2D eigenvalue weighted by Gasteiger charge is -2.19. The average Bonchev–Trinajstić information content (AvgIpc) is 2.46. The van der Waals surface area contributed by atoms with Crippen LogP contribution >= 0.6 is 27.5 Å². The first kappa shape index (κ1) is 14.6. The van der Waals surface area contributed by atoms with Gasteiger partial charge in [0.15, 0.2) is 0 Å². The molecule has 3 rings (SSSR count). The molecule has 0 aromatic heterocycles. The Morgan fingerprint density at radius 3 is 2.76 bits per heavy atom. The highest BCUT2D eigenvalue weighted by Crippen LogP contribution is 2.28. The zero-order chi connectivity index (χ0) is 14.8. The molecule has 4 heteroatoms. The van der Waals surface area contributed by atoms with Gasteiger partial charge in [0.25, 0.3) is 5.91 Å². The maximum atomic E-state index is 12.4. The highest BCUT2D eigenvalue weighted by atomic mass is 79.9. The molecule has 1 aliphatic rings. The molecule has 0 unspecified atom stereocenters. The molecule has 21 heavy (non-hydrogen) atoms. The first-order valence-corrected chi connectivity index (χ1v) is 8.19. The van der Waals surface area contributed by atoms with Gasteiger partial charge in [-0.15, -0.1) is 0 Å². The van der Waals surface area contributed by atoms with Crippen molar-refractivity contribution in [3.8, 4) is 0 Å². The van der Waals surface area contributed by atoms with Gasteiger partial charge >= 0.3 is 0 Å². The maximum Gasteiger partial charge on any atom is 0.255 e. The van der Waals surface area contributed by atoms with E-state index < -0.39 is 0 Å². The molecule has 0 saturated heterocycles. The summed E-state index contributed by atoms with van der Waals surface area (Å²) in [6.07, 6.45) is 4.54. The van der Waals surface area contributed by atoms with Crippen molar-refractivity contribution >= 4 is 39.1 Å². The highest BCUT2D eigenvalue weighted by molar-refractivity contribution is 9.10. The summed E-state index contributed by atoms with van der Waals surface area (Å²) in [5, 5.41) is 3.57. The monoisotopic (exact) mass is 363 g/mol. The Morgan fingerprint density at radius 1 is 1.14 bits per heavy atom. The molecule has 0 aliphatic heterocycles. The summed E-state index contributed by atoms with van der Waals surface area (Å²) in [6, 6.07) is 11.4. The largest absolute Gasteiger partial charge is 0.322 e.